The summed E-state index contributed by atoms with van der Waals surface area (Å²) in [4.78, 5) is 0. The van der Waals surface area contributed by atoms with Gasteiger partial charge in [0, 0.05) is 19.0 Å². The van der Waals surface area contributed by atoms with Crippen LogP contribution in [0.3, 0.4) is 0 Å². The van der Waals surface area contributed by atoms with E-state index in [4.69, 9.17) is 15.6 Å². The average Bonchev–Trinajstić information content (AvgIpc) is 2.23. The van der Waals surface area contributed by atoms with E-state index in [-0.39, 0.29) is 12.4 Å². The summed E-state index contributed by atoms with van der Waals surface area (Å²) in [7, 11) is 0. The van der Waals surface area contributed by atoms with Crippen molar-refractivity contribution in [3.63, 3.8) is 0 Å². The number of rotatable bonds is 5. The standard InChI is InChI=1S/C11H16FNO2/c1-8-2-3-10(6-11(8)12)15-5-4-9(14)7-13/h2-3,6,9,14H,4-5,7,13H2,1H3. The van der Waals surface area contributed by atoms with Crippen LogP contribution in [-0.2, 0) is 0 Å². The Balaban J connectivity index is 2.41. The predicted octanol–water partition coefficient (Wildman–Crippen LogP) is 1.22. The van der Waals surface area contributed by atoms with Crippen molar-refractivity contribution in [2.45, 2.75) is 19.4 Å². The maximum Gasteiger partial charge on any atom is 0.129 e. The Kier molecular flexibility index (Phi) is 4.52. The zero-order valence-electron chi connectivity index (χ0n) is 8.74. The first-order valence-electron chi connectivity index (χ1n) is 4.90. The highest BCUT2D eigenvalue weighted by molar-refractivity contribution is 5.27. The number of ether oxygens (including phenoxy) is 1. The zero-order chi connectivity index (χ0) is 11.3. The maximum atomic E-state index is 13.1. The Morgan fingerprint density at radius 3 is 2.87 bits per heavy atom. The number of benzene rings is 1. The number of aliphatic hydroxyl groups excluding tert-OH is 1. The second-order valence-corrected chi connectivity index (χ2v) is 3.44. The van der Waals surface area contributed by atoms with Crippen LogP contribution in [0.5, 0.6) is 5.75 Å². The van der Waals surface area contributed by atoms with Gasteiger partial charge in [0.25, 0.3) is 0 Å². The van der Waals surface area contributed by atoms with Crippen molar-refractivity contribution in [3.8, 4) is 5.75 Å². The number of hydrogen-bond acceptors (Lipinski definition) is 3. The van der Waals surface area contributed by atoms with Gasteiger partial charge in [0.05, 0.1) is 12.7 Å². The summed E-state index contributed by atoms with van der Waals surface area (Å²) < 4.78 is 18.3. The van der Waals surface area contributed by atoms with Crippen LogP contribution in [0.1, 0.15) is 12.0 Å². The Morgan fingerprint density at radius 1 is 1.53 bits per heavy atom. The van der Waals surface area contributed by atoms with E-state index in [2.05, 4.69) is 0 Å². The molecule has 3 N–H and O–H groups in total. The zero-order valence-corrected chi connectivity index (χ0v) is 8.74. The van der Waals surface area contributed by atoms with Crippen molar-refractivity contribution in [3.05, 3.63) is 29.6 Å². The van der Waals surface area contributed by atoms with Crippen LogP contribution in [0, 0.1) is 12.7 Å². The molecule has 0 bridgehead atoms. The summed E-state index contributed by atoms with van der Waals surface area (Å²) in [5.74, 6) is 0.189. The van der Waals surface area contributed by atoms with Crippen molar-refractivity contribution < 1.29 is 14.2 Å². The molecule has 1 unspecified atom stereocenters. The van der Waals surface area contributed by atoms with Crippen LogP contribution in [-0.4, -0.2) is 24.4 Å². The van der Waals surface area contributed by atoms with Gasteiger partial charge in [-0.05, 0) is 18.6 Å². The summed E-state index contributed by atoms with van der Waals surface area (Å²) in [6.07, 6.45) is -0.105. The van der Waals surface area contributed by atoms with Crippen molar-refractivity contribution in [2.75, 3.05) is 13.2 Å². The van der Waals surface area contributed by atoms with E-state index in [1.54, 1.807) is 19.1 Å². The van der Waals surface area contributed by atoms with Crippen LogP contribution < -0.4 is 10.5 Å². The summed E-state index contributed by atoms with van der Waals surface area (Å²) in [6, 6.07) is 4.70. The molecule has 0 saturated heterocycles. The Hall–Kier alpha value is -1.13. The monoisotopic (exact) mass is 213 g/mol. The smallest absolute Gasteiger partial charge is 0.129 e. The third kappa shape index (κ3) is 3.85. The minimum absolute atomic E-state index is 0.214. The van der Waals surface area contributed by atoms with Crippen LogP contribution in [0.25, 0.3) is 0 Å². The molecule has 1 aromatic rings. The molecule has 0 aromatic heterocycles. The number of hydrogen-bond donors (Lipinski definition) is 2. The van der Waals surface area contributed by atoms with Crippen molar-refractivity contribution in [1.29, 1.82) is 0 Å². The van der Waals surface area contributed by atoms with Crippen molar-refractivity contribution in [2.24, 2.45) is 5.73 Å². The van der Waals surface area contributed by atoms with Crippen LogP contribution in [0.15, 0.2) is 18.2 Å². The summed E-state index contributed by atoms with van der Waals surface area (Å²) >= 11 is 0. The van der Waals surface area contributed by atoms with E-state index >= 15 is 0 Å². The molecule has 0 fully saturated rings. The van der Waals surface area contributed by atoms with E-state index in [9.17, 15) is 4.39 Å². The lowest BCUT2D eigenvalue weighted by Gasteiger charge is -2.09. The van der Waals surface area contributed by atoms with Crippen LogP contribution >= 0.6 is 0 Å². The van der Waals surface area contributed by atoms with E-state index in [1.807, 2.05) is 0 Å². The second kappa shape index (κ2) is 5.68. The lowest BCUT2D eigenvalue weighted by atomic mass is 10.2. The summed E-state index contributed by atoms with van der Waals surface area (Å²) in [6.45, 7) is 2.24. The third-order valence-electron chi connectivity index (χ3n) is 2.14. The fourth-order valence-corrected chi connectivity index (χ4v) is 1.09. The number of aliphatic hydroxyl groups is 1. The van der Waals surface area contributed by atoms with Gasteiger partial charge >= 0.3 is 0 Å². The minimum Gasteiger partial charge on any atom is -0.493 e. The van der Waals surface area contributed by atoms with Crippen LogP contribution in [0.4, 0.5) is 4.39 Å². The van der Waals surface area contributed by atoms with Gasteiger partial charge in [-0.1, -0.05) is 6.07 Å². The number of halogens is 1. The molecule has 3 nitrogen and oxygen atoms in total. The first-order chi connectivity index (χ1) is 7.13. The Morgan fingerprint density at radius 2 is 2.27 bits per heavy atom. The molecule has 1 atom stereocenters. The van der Waals surface area contributed by atoms with Crippen molar-refractivity contribution >= 4 is 0 Å². The molecule has 0 spiro atoms. The molecule has 0 aliphatic rings. The molecule has 15 heavy (non-hydrogen) atoms. The van der Waals surface area contributed by atoms with Gasteiger partial charge in [0.1, 0.15) is 11.6 Å². The molecule has 0 saturated carbocycles. The predicted molar refractivity (Wildman–Crippen MR) is 56.3 cm³/mol. The summed E-state index contributed by atoms with van der Waals surface area (Å²) in [5, 5.41) is 9.16. The highest BCUT2D eigenvalue weighted by atomic mass is 19.1. The number of nitrogens with two attached hydrogens (primary N) is 1. The highest BCUT2D eigenvalue weighted by Crippen LogP contribution is 2.15. The SMILES string of the molecule is Cc1ccc(OCCC(O)CN)cc1F. The molecule has 0 radical (unpaired) electrons. The highest BCUT2D eigenvalue weighted by Gasteiger charge is 2.03. The van der Waals surface area contributed by atoms with Gasteiger partial charge in [0.2, 0.25) is 0 Å². The lowest BCUT2D eigenvalue weighted by Crippen LogP contribution is -2.21. The van der Waals surface area contributed by atoms with E-state index in [0.717, 1.165) is 0 Å². The van der Waals surface area contributed by atoms with Gasteiger partial charge in [-0.3, -0.25) is 0 Å². The van der Waals surface area contributed by atoms with Crippen molar-refractivity contribution in [1.82, 2.24) is 0 Å². The van der Waals surface area contributed by atoms with Gasteiger partial charge in [-0.25, -0.2) is 4.39 Å². The molecule has 84 valence electrons. The van der Waals surface area contributed by atoms with Gasteiger partial charge in [-0.2, -0.15) is 0 Å². The fraction of sp³-hybridized carbons (Fsp3) is 0.455. The topological polar surface area (TPSA) is 55.5 Å². The summed E-state index contributed by atoms with van der Waals surface area (Å²) in [5.41, 5.74) is 5.82. The van der Waals surface area contributed by atoms with E-state index < -0.39 is 6.10 Å². The minimum atomic E-state index is -0.555. The maximum absolute atomic E-state index is 13.1. The molecule has 1 rings (SSSR count). The largest absolute Gasteiger partial charge is 0.493 e. The van der Waals surface area contributed by atoms with Gasteiger partial charge < -0.3 is 15.6 Å². The van der Waals surface area contributed by atoms with E-state index in [1.165, 1.54) is 6.07 Å². The molecule has 0 aliphatic heterocycles. The lowest BCUT2D eigenvalue weighted by molar-refractivity contribution is 0.146. The molecule has 1 aromatic carbocycles. The molecular formula is C11H16FNO2. The quantitative estimate of drug-likeness (QED) is 0.773. The third-order valence-corrected chi connectivity index (χ3v) is 2.14. The fourth-order valence-electron chi connectivity index (χ4n) is 1.09. The molecule has 0 amide bonds. The van der Waals surface area contributed by atoms with Gasteiger partial charge in [0.15, 0.2) is 0 Å². The van der Waals surface area contributed by atoms with Crippen LogP contribution in [0.2, 0.25) is 0 Å². The van der Waals surface area contributed by atoms with E-state index in [0.29, 0.717) is 24.3 Å². The molecular weight excluding hydrogens is 197 g/mol. The Bertz CT molecular complexity index is 317. The average molecular weight is 213 g/mol. The molecule has 0 aliphatic carbocycles. The normalized spacial score (nSPS) is 12.5. The molecule has 0 heterocycles. The van der Waals surface area contributed by atoms with Gasteiger partial charge in [-0.15, -0.1) is 0 Å². The second-order valence-electron chi connectivity index (χ2n) is 3.44. The first kappa shape index (κ1) is 11.9. The molecule has 4 heteroatoms. The number of aryl methyl sites for hydroxylation is 1. The first-order valence-corrected chi connectivity index (χ1v) is 4.90. The Labute approximate surface area is 88.7 Å².